The van der Waals surface area contributed by atoms with Crippen molar-refractivity contribution in [3.8, 4) is 0 Å². The van der Waals surface area contributed by atoms with Crippen LogP contribution in [0.25, 0.3) is 0 Å². The van der Waals surface area contributed by atoms with Crippen molar-refractivity contribution in [2.75, 3.05) is 13.7 Å². The Morgan fingerprint density at radius 2 is 2.14 bits per heavy atom. The van der Waals surface area contributed by atoms with Crippen molar-refractivity contribution in [2.24, 2.45) is 5.92 Å². The van der Waals surface area contributed by atoms with Gasteiger partial charge in [0.25, 0.3) is 0 Å². The monoisotopic (exact) mass is 411 g/mol. The van der Waals surface area contributed by atoms with Crippen LogP contribution in [0.5, 0.6) is 0 Å². The number of methoxy groups -OCH3 is 1. The zero-order valence-electron chi connectivity index (χ0n) is 12.8. The van der Waals surface area contributed by atoms with Crippen LogP contribution >= 0.6 is 22.6 Å². The Kier molecular flexibility index (Phi) is 5.18. The number of carbonyl (C=O) groups excluding carboxylic acids is 1. The first-order valence-electron chi connectivity index (χ1n) is 7.90. The van der Waals surface area contributed by atoms with Crippen LogP contribution in [0.3, 0.4) is 0 Å². The lowest BCUT2D eigenvalue weighted by atomic mass is 9.76. The summed E-state index contributed by atoms with van der Waals surface area (Å²) in [6.45, 7) is 0.938. The lowest BCUT2D eigenvalue weighted by Gasteiger charge is -2.43. The first-order valence-corrected chi connectivity index (χ1v) is 9.14. The predicted molar refractivity (Wildman–Crippen MR) is 96.0 cm³/mol. The van der Waals surface area contributed by atoms with Gasteiger partial charge in [-0.1, -0.05) is 59.0 Å². The highest BCUT2D eigenvalue weighted by Gasteiger charge is 2.50. The van der Waals surface area contributed by atoms with Crippen molar-refractivity contribution in [2.45, 2.75) is 37.3 Å². The molecule has 0 spiro atoms. The number of nitrogens with zero attached hydrogens (tertiary/aromatic N) is 1. The quantitative estimate of drug-likeness (QED) is 0.559. The molecular formula is C18H22INO2. The van der Waals surface area contributed by atoms with Gasteiger partial charge >= 0.3 is 5.97 Å². The van der Waals surface area contributed by atoms with Crippen molar-refractivity contribution < 1.29 is 9.53 Å². The van der Waals surface area contributed by atoms with E-state index in [1.165, 1.54) is 19.1 Å². The maximum Gasteiger partial charge on any atom is 0.310 e. The fraction of sp³-hybridized carbons (Fsp3) is 0.500. The molecule has 4 atom stereocenters. The van der Waals surface area contributed by atoms with E-state index in [9.17, 15) is 4.79 Å². The molecule has 3 nitrogen and oxygen atoms in total. The summed E-state index contributed by atoms with van der Waals surface area (Å²) in [5.74, 6) is 0.183. The number of ether oxygens (including phenoxy) is 1. The summed E-state index contributed by atoms with van der Waals surface area (Å²) in [5, 5.41) is 0. The summed E-state index contributed by atoms with van der Waals surface area (Å²) >= 11 is 2.26. The maximum atomic E-state index is 12.5. The first kappa shape index (κ1) is 16.0. The van der Waals surface area contributed by atoms with Crippen LogP contribution < -0.4 is 0 Å². The molecule has 1 aromatic carbocycles. The van der Waals surface area contributed by atoms with E-state index >= 15 is 0 Å². The Balaban J connectivity index is 1.91. The number of benzene rings is 1. The maximum absolute atomic E-state index is 12.5. The van der Waals surface area contributed by atoms with Crippen LogP contribution in [-0.4, -0.2) is 36.6 Å². The minimum Gasteiger partial charge on any atom is -0.469 e. The van der Waals surface area contributed by atoms with Crippen molar-refractivity contribution in [1.29, 1.82) is 0 Å². The van der Waals surface area contributed by atoms with E-state index in [0.29, 0.717) is 12.1 Å². The van der Waals surface area contributed by atoms with Crippen molar-refractivity contribution in [3.05, 3.63) is 46.1 Å². The predicted octanol–water partition coefficient (Wildman–Crippen LogP) is 3.74. The minimum absolute atomic E-state index is 0.0474. The van der Waals surface area contributed by atoms with Gasteiger partial charge in [0, 0.05) is 24.5 Å². The molecule has 2 aliphatic rings. The van der Waals surface area contributed by atoms with Gasteiger partial charge in [0.05, 0.1) is 13.0 Å². The molecule has 2 unspecified atom stereocenters. The van der Waals surface area contributed by atoms with E-state index in [1.54, 1.807) is 0 Å². The fourth-order valence-electron chi connectivity index (χ4n) is 4.26. The molecule has 0 amide bonds. The Morgan fingerprint density at radius 1 is 1.36 bits per heavy atom. The van der Waals surface area contributed by atoms with Gasteiger partial charge in [-0.05, 0) is 28.9 Å². The Labute approximate surface area is 145 Å². The Bertz CT molecular complexity index is 545. The van der Waals surface area contributed by atoms with E-state index in [2.05, 4.69) is 61.9 Å². The highest BCUT2D eigenvalue weighted by atomic mass is 127. The molecular weight excluding hydrogens is 389 g/mol. The molecule has 22 heavy (non-hydrogen) atoms. The third-order valence-corrected chi connectivity index (χ3v) is 5.68. The highest BCUT2D eigenvalue weighted by Crippen LogP contribution is 2.47. The third-order valence-electron chi connectivity index (χ3n) is 5.17. The minimum atomic E-state index is -0.0531. The number of hydrogen-bond donors (Lipinski definition) is 0. The summed E-state index contributed by atoms with van der Waals surface area (Å²) in [5.41, 5.74) is 1.28. The van der Waals surface area contributed by atoms with Gasteiger partial charge in [0.2, 0.25) is 0 Å². The van der Waals surface area contributed by atoms with Gasteiger partial charge in [-0.2, -0.15) is 0 Å². The fourth-order valence-corrected chi connectivity index (χ4v) is 4.49. The van der Waals surface area contributed by atoms with E-state index in [0.717, 1.165) is 19.4 Å². The largest absolute Gasteiger partial charge is 0.469 e. The molecule has 2 fully saturated rings. The summed E-state index contributed by atoms with van der Waals surface area (Å²) in [7, 11) is 1.51. The molecule has 2 saturated heterocycles. The van der Waals surface area contributed by atoms with Crippen molar-refractivity contribution in [3.63, 3.8) is 0 Å². The van der Waals surface area contributed by atoms with Gasteiger partial charge in [-0.15, -0.1) is 0 Å². The summed E-state index contributed by atoms with van der Waals surface area (Å²) in [6, 6.07) is 11.4. The number of halogens is 1. The van der Waals surface area contributed by atoms with Crippen molar-refractivity contribution >= 4 is 28.6 Å². The molecule has 0 saturated carbocycles. The average Bonchev–Trinajstić information content (AvgIpc) is 2.84. The average molecular weight is 411 g/mol. The standard InChI is InChI=1S/C18H22INO2/c1-22-18(21)17-15(13-6-3-2-4-7-13)12-14-8-9-16(17)20(14)11-5-10-19/h2-7,10,14-17H,8-9,11-12H2,1H3/b10-5+/t14-,15?,16?,17+/m1/s1. The van der Waals surface area contributed by atoms with Crippen LogP contribution in [0, 0.1) is 5.92 Å². The van der Waals surface area contributed by atoms with E-state index in [-0.39, 0.29) is 17.8 Å². The van der Waals surface area contributed by atoms with Gasteiger partial charge in [-0.3, -0.25) is 9.69 Å². The van der Waals surface area contributed by atoms with Gasteiger partial charge < -0.3 is 4.74 Å². The first-order chi connectivity index (χ1) is 10.8. The second kappa shape index (κ2) is 7.13. The van der Waals surface area contributed by atoms with E-state index < -0.39 is 0 Å². The molecule has 3 rings (SSSR count). The van der Waals surface area contributed by atoms with Crippen LogP contribution in [-0.2, 0) is 9.53 Å². The summed E-state index contributed by atoms with van der Waals surface area (Å²) in [6.07, 6.45) is 5.53. The normalized spacial score (nSPS) is 31.5. The molecule has 0 aliphatic carbocycles. The molecule has 118 valence electrons. The Hall–Kier alpha value is -0.880. The molecule has 2 aliphatic heterocycles. The number of esters is 1. The smallest absolute Gasteiger partial charge is 0.310 e. The topological polar surface area (TPSA) is 29.5 Å². The molecule has 4 heteroatoms. The number of rotatable bonds is 4. The number of piperidine rings is 1. The number of fused-ring (bicyclic) bond motifs is 2. The highest BCUT2D eigenvalue weighted by molar-refractivity contribution is 14.1. The van der Waals surface area contributed by atoms with Crippen LogP contribution in [0.1, 0.15) is 30.7 Å². The molecule has 2 heterocycles. The van der Waals surface area contributed by atoms with Gasteiger partial charge in [0.15, 0.2) is 0 Å². The molecule has 0 N–H and O–H groups in total. The van der Waals surface area contributed by atoms with Gasteiger partial charge in [-0.25, -0.2) is 0 Å². The number of hydrogen-bond acceptors (Lipinski definition) is 3. The van der Waals surface area contributed by atoms with Crippen LogP contribution in [0.15, 0.2) is 40.5 Å². The molecule has 2 bridgehead atoms. The second-order valence-electron chi connectivity index (χ2n) is 6.16. The Morgan fingerprint density at radius 3 is 2.82 bits per heavy atom. The molecule has 1 aromatic rings. The van der Waals surface area contributed by atoms with E-state index in [4.69, 9.17) is 4.74 Å². The summed E-state index contributed by atoms with van der Waals surface area (Å²) in [4.78, 5) is 15.0. The number of carbonyl (C=O) groups is 1. The third kappa shape index (κ3) is 2.95. The van der Waals surface area contributed by atoms with Crippen molar-refractivity contribution in [1.82, 2.24) is 4.90 Å². The van der Waals surface area contributed by atoms with E-state index in [1.807, 2.05) is 6.07 Å². The lowest BCUT2D eigenvalue weighted by molar-refractivity contribution is -0.150. The SMILES string of the molecule is COC(=O)[C@H]1C(c2ccccc2)C[C@H]2CCC1N2C/C=C/I. The van der Waals surface area contributed by atoms with Crippen LogP contribution in [0.2, 0.25) is 0 Å². The second-order valence-corrected chi connectivity index (χ2v) is 6.88. The zero-order valence-corrected chi connectivity index (χ0v) is 15.0. The summed E-state index contributed by atoms with van der Waals surface area (Å²) < 4.78 is 7.22. The molecule has 0 radical (unpaired) electrons. The molecule has 0 aromatic heterocycles. The van der Waals surface area contributed by atoms with Crippen LogP contribution in [0.4, 0.5) is 0 Å². The lowest BCUT2D eigenvalue weighted by Crippen LogP contribution is -2.50. The zero-order chi connectivity index (χ0) is 15.5. The van der Waals surface area contributed by atoms with Gasteiger partial charge in [0.1, 0.15) is 0 Å².